The fraction of sp³-hybridized carbons (Fsp3) is 0.562. The average Bonchev–Trinajstić information content (AvgIpc) is 2.41. The number of hydrogen-bond donors (Lipinski definition) is 2. The van der Waals surface area contributed by atoms with Crippen molar-refractivity contribution in [1.29, 1.82) is 0 Å². The molecule has 0 saturated carbocycles. The highest BCUT2D eigenvalue weighted by atomic mass is 16.5. The normalized spacial score (nSPS) is 11.3. The maximum Gasteiger partial charge on any atom is 0.239 e. The first-order valence-corrected chi connectivity index (χ1v) is 7.22. The number of hydrogen-bond acceptors (Lipinski definition) is 4. The minimum absolute atomic E-state index is 0.191. The van der Waals surface area contributed by atoms with Crippen LogP contribution in [-0.2, 0) is 16.1 Å². The Kier molecular flexibility index (Phi) is 6.65. The first-order valence-electron chi connectivity index (χ1n) is 7.22. The number of nitrogens with two attached hydrogens (primary N) is 1. The minimum atomic E-state index is -0.888. The van der Waals surface area contributed by atoms with Gasteiger partial charge in [0.2, 0.25) is 5.91 Å². The van der Waals surface area contributed by atoms with Crippen LogP contribution in [0.2, 0.25) is 0 Å². The summed E-state index contributed by atoms with van der Waals surface area (Å²) in [7, 11) is 0. The van der Waals surface area contributed by atoms with Crippen molar-refractivity contribution in [2.75, 3.05) is 19.8 Å². The summed E-state index contributed by atoms with van der Waals surface area (Å²) in [5.41, 5.74) is 6.90. The summed E-state index contributed by atoms with van der Waals surface area (Å²) in [5.74, 6) is 0.577. The Balaban J connectivity index is 2.66. The number of carbonyl (C=O) groups is 1. The summed E-state index contributed by atoms with van der Waals surface area (Å²) >= 11 is 0. The van der Waals surface area contributed by atoms with E-state index in [9.17, 15) is 4.79 Å². The van der Waals surface area contributed by atoms with Crippen LogP contribution >= 0.6 is 0 Å². The Morgan fingerprint density at radius 2 is 2.05 bits per heavy atom. The van der Waals surface area contributed by atoms with E-state index in [4.69, 9.17) is 15.2 Å². The molecular weight excluding hydrogens is 268 g/mol. The zero-order valence-corrected chi connectivity index (χ0v) is 13.4. The maximum absolute atomic E-state index is 11.8. The lowest BCUT2D eigenvalue weighted by molar-refractivity contribution is -0.125. The highest BCUT2D eigenvalue weighted by molar-refractivity contribution is 5.85. The molecular formula is C16H26N2O3. The van der Waals surface area contributed by atoms with Crippen LogP contribution in [-0.4, -0.2) is 31.3 Å². The molecule has 0 fully saturated rings. The third kappa shape index (κ3) is 6.14. The zero-order chi connectivity index (χ0) is 15.9. The highest BCUT2D eigenvalue weighted by Crippen LogP contribution is 2.20. The van der Waals surface area contributed by atoms with E-state index in [1.54, 1.807) is 13.8 Å². The van der Waals surface area contributed by atoms with E-state index < -0.39 is 5.54 Å². The second-order valence-electron chi connectivity index (χ2n) is 5.56. The Morgan fingerprint density at radius 1 is 1.33 bits per heavy atom. The van der Waals surface area contributed by atoms with E-state index in [0.717, 1.165) is 16.9 Å². The van der Waals surface area contributed by atoms with Crippen molar-refractivity contribution in [2.45, 2.75) is 39.8 Å². The molecule has 5 heteroatoms. The second kappa shape index (κ2) is 8.00. The number of benzene rings is 1. The smallest absolute Gasteiger partial charge is 0.239 e. The van der Waals surface area contributed by atoms with Gasteiger partial charge in [-0.25, -0.2) is 0 Å². The van der Waals surface area contributed by atoms with E-state index in [1.165, 1.54) is 0 Å². The van der Waals surface area contributed by atoms with Gasteiger partial charge in [-0.3, -0.25) is 4.79 Å². The van der Waals surface area contributed by atoms with Gasteiger partial charge in [-0.05, 0) is 39.3 Å². The molecule has 0 aliphatic heterocycles. The number of amides is 1. The largest absolute Gasteiger partial charge is 0.491 e. The van der Waals surface area contributed by atoms with Crippen LogP contribution in [0.5, 0.6) is 5.75 Å². The summed E-state index contributed by atoms with van der Waals surface area (Å²) in [5, 5.41) is 2.83. The average molecular weight is 294 g/mol. The van der Waals surface area contributed by atoms with Crippen LogP contribution in [0, 0.1) is 6.92 Å². The van der Waals surface area contributed by atoms with E-state index in [1.807, 2.05) is 32.0 Å². The third-order valence-electron chi connectivity index (χ3n) is 2.94. The van der Waals surface area contributed by atoms with Crippen LogP contribution in [0.3, 0.4) is 0 Å². The van der Waals surface area contributed by atoms with E-state index in [2.05, 4.69) is 5.32 Å². The number of ether oxygens (including phenoxy) is 2. The molecule has 1 amide bonds. The molecule has 0 unspecified atom stereocenters. The minimum Gasteiger partial charge on any atom is -0.491 e. The molecule has 0 radical (unpaired) electrons. The van der Waals surface area contributed by atoms with Gasteiger partial charge in [0.15, 0.2) is 0 Å². The molecule has 3 N–H and O–H groups in total. The van der Waals surface area contributed by atoms with Crippen LogP contribution < -0.4 is 15.8 Å². The number of carbonyl (C=O) groups excluding carboxylic acids is 1. The molecule has 0 bridgehead atoms. The first-order chi connectivity index (χ1) is 9.84. The lowest BCUT2D eigenvalue weighted by atomic mass is 10.1. The second-order valence-corrected chi connectivity index (χ2v) is 5.56. The van der Waals surface area contributed by atoms with Gasteiger partial charge in [-0.15, -0.1) is 0 Å². The van der Waals surface area contributed by atoms with Crippen molar-refractivity contribution in [1.82, 2.24) is 5.32 Å². The number of nitrogens with one attached hydrogen (secondary N) is 1. The number of aryl methyl sites for hydroxylation is 1. The fourth-order valence-electron chi connectivity index (χ4n) is 1.70. The lowest BCUT2D eigenvalue weighted by Crippen LogP contribution is -2.48. The molecule has 1 rings (SSSR count). The quantitative estimate of drug-likeness (QED) is 0.717. The van der Waals surface area contributed by atoms with Crippen molar-refractivity contribution >= 4 is 5.91 Å². The van der Waals surface area contributed by atoms with Crippen molar-refractivity contribution in [3.8, 4) is 5.75 Å². The molecule has 0 aromatic heterocycles. The van der Waals surface area contributed by atoms with Gasteiger partial charge in [-0.2, -0.15) is 0 Å². The monoisotopic (exact) mass is 294 g/mol. The van der Waals surface area contributed by atoms with Gasteiger partial charge in [0.05, 0.1) is 12.1 Å². The van der Waals surface area contributed by atoms with Gasteiger partial charge in [-0.1, -0.05) is 12.1 Å². The molecule has 0 aliphatic carbocycles. The third-order valence-corrected chi connectivity index (χ3v) is 2.94. The summed E-state index contributed by atoms with van der Waals surface area (Å²) in [4.78, 5) is 11.8. The van der Waals surface area contributed by atoms with E-state index in [0.29, 0.717) is 26.4 Å². The Labute approximate surface area is 126 Å². The Bertz CT molecular complexity index is 467. The number of rotatable bonds is 8. The summed E-state index contributed by atoms with van der Waals surface area (Å²) < 4.78 is 11.0. The molecule has 0 heterocycles. The van der Waals surface area contributed by atoms with Gasteiger partial charge in [0, 0.05) is 18.7 Å². The predicted octanol–water partition coefficient (Wildman–Crippen LogP) is 1.76. The van der Waals surface area contributed by atoms with Crippen LogP contribution in [0.25, 0.3) is 0 Å². The summed E-state index contributed by atoms with van der Waals surface area (Å²) in [6.07, 6.45) is 0. The van der Waals surface area contributed by atoms with Crippen molar-refractivity contribution in [3.63, 3.8) is 0 Å². The highest BCUT2D eigenvalue weighted by Gasteiger charge is 2.21. The summed E-state index contributed by atoms with van der Waals surface area (Å²) in [6.45, 7) is 9.40. The molecule has 0 spiro atoms. The fourth-order valence-corrected chi connectivity index (χ4v) is 1.70. The Hall–Kier alpha value is -1.59. The molecule has 5 nitrogen and oxygen atoms in total. The molecule has 0 atom stereocenters. The van der Waals surface area contributed by atoms with Crippen LogP contribution in [0.4, 0.5) is 0 Å². The topological polar surface area (TPSA) is 73.6 Å². The van der Waals surface area contributed by atoms with Crippen molar-refractivity contribution in [2.24, 2.45) is 5.73 Å². The molecule has 0 saturated heterocycles. The summed E-state index contributed by atoms with van der Waals surface area (Å²) in [6, 6.07) is 5.90. The molecule has 1 aromatic carbocycles. The SMILES string of the molecule is CCOCCOc1cc(C)ccc1CNC(=O)C(C)(C)N. The van der Waals surface area contributed by atoms with Crippen LogP contribution in [0.1, 0.15) is 31.9 Å². The van der Waals surface area contributed by atoms with E-state index in [-0.39, 0.29) is 5.91 Å². The lowest BCUT2D eigenvalue weighted by Gasteiger charge is -2.19. The van der Waals surface area contributed by atoms with Gasteiger partial charge in [0.1, 0.15) is 12.4 Å². The van der Waals surface area contributed by atoms with Gasteiger partial charge < -0.3 is 20.5 Å². The van der Waals surface area contributed by atoms with Gasteiger partial charge >= 0.3 is 0 Å². The van der Waals surface area contributed by atoms with E-state index >= 15 is 0 Å². The standard InChI is InChI=1S/C16H26N2O3/c1-5-20-8-9-21-14-10-12(2)6-7-13(14)11-18-15(19)16(3,4)17/h6-7,10H,5,8-9,11,17H2,1-4H3,(H,18,19). The van der Waals surface area contributed by atoms with Crippen LogP contribution in [0.15, 0.2) is 18.2 Å². The maximum atomic E-state index is 11.8. The first kappa shape index (κ1) is 17.5. The molecule has 1 aromatic rings. The van der Waals surface area contributed by atoms with Gasteiger partial charge in [0.25, 0.3) is 0 Å². The zero-order valence-electron chi connectivity index (χ0n) is 13.4. The molecule has 118 valence electrons. The van der Waals surface area contributed by atoms with Crippen molar-refractivity contribution < 1.29 is 14.3 Å². The predicted molar refractivity (Wildman–Crippen MR) is 83.3 cm³/mol. The van der Waals surface area contributed by atoms with Crippen molar-refractivity contribution in [3.05, 3.63) is 29.3 Å². The Morgan fingerprint density at radius 3 is 2.67 bits per heavy atom. The molecule has 0 aliphatic rings. The molecule has 21 heavy (non-hydrogen) atoms.